The molecule has 9 heteroatoms. The van der Waals surface area contributed by atoms with Crippen LogP contribution in [0.2, 0.25) is 5.02 Å². The van der Waals surface area contributed by atoms with Gasteiger partial charge in [0, 0.05) is 40.0 Å². The van der Waals surface area contributed by atoms with E-state index in [1.165, 1.54) is 6.33 Å². The van der Waals surface area contributed by atoms with Gasteiger partial charge in [-0.1, -0.05) is 23.7 Å². The van der Waals surface area contributed by atoms with E-state index in [9.17, 15) is 9.90 Å². The molecule has 1 aliphatic carbocycles. The number of hydrogen-bond acceptors (Lipinski definition) is 6. The molecule has 0 aliphatic heterocycles. The lowest BCUT2D eigenvalue weighted by Crippen LogP contribution is -2.23. The van der Waals surface area contributed by atoms with Gasteiger partial charge in [-0.3, -0.25) is 9.78 Å². The third kappa shape index (κ3) is 3.83. The Morgan fingerprint density at radius 2 is 1.83 bits per heavy atom. The number of rotatable bonds is 4. The highest BCUT2D eigenvalue weighted by molar-refractivity contribution is 6.34. The number of carbonyl (C=O) groups is 1. The minimum atomic E-state index is -0.724. The summed E-state index contributed by atoms with van der Waals surface area (Å²) >= 11 is 6.80. The minimum Gasteiger partial charge on any atom is -0.481 e. The normalized spacial score (nSPS) is 18.0. The van der Waals surface area contributed by atoms with Crippen molar-refractivity contribution in [2.75, 3.05) is 5.73 Å². The lowest BCUT2D eigenvalue weighted by atomic mass is 9.86. The predicted octanol–water partition coefficient (Wildman–Crippen LogP) is 5.76. The summed E-state index contributed by atoms with van der Waals surface area (Å²) < 4.78 is 2.11. The number of aliphatic carboxylic acids is 1. The first-order valence-electron chi connectivity index (χ1n) is 11.9. The zero-order valence-corrected chi connectivity index (χ0v) is 20.1. The zero-order chi connectivity index (χ0) is 24.8. The monoisotopic (exact) mass is 498 g/mol. The summed E-state index contributed by atoms with van der Waals surface area (Å²) in [6.07, 6.45) is 8.00. The van der Waals surface area contributed by atoms with Crippen molar-refractivity contribution in [3.8, 4) is 22.5 Å². The molecule has 0 spiro atoms. The Bertz CT molecular complexity index is 1610. The van der Waals surface area contributed by atoms with E-state index in [1.807, 2.05) is 48.7 Å². The second kappa shape index (κ2) is 8.87. The third-order valence-corrected chi connectivity index (χ3v) is 7.39. The van der Waals surface area contributed by atoms with Crippen LogP contribution in [0.3, 0.4) is 0 Å². The van der Waals surface area contributed by atoms with E-state index in [0.29, 0.717) is 23.7 Å². The van der Waals surface area contributed by atoms with E-state index in [4.69, 9.17) is 22.3 Å². The highest BCUT2D eigenvalue weighted by Crippen LogP contribution is 2.42. The van der Waals surface area contributed by atoms with Gasteiger partial charge >= 0.3 is 5.97 Å². The van der Waals surface area contributed by atoms with Crippen LogP contribution in [-0.4, -0.2) is 35.6 Å². The van der Waals surface area contributed by atoms with Crippen molar-refractivity contribution in [2.24, 2.45) is 5.92 Å². The molecule has 0 bridgehead atoms. The summed E-state index contributed by atoms with van der Waals surface area (Å²) in [5, 5.41) is 11.6. The molecule has 36 heavy (non-hydrogen) atoms. The first kappa shape index (κ1) is 22.4. The number of hydrogen-bond donors (Lipinski definition) is 2. The third-order valence-electron chi connectivity index (χ3n) is 7.07. The van der Waals surface area contributed by atoms with Crippen molar-refractivity contribution >= 4 is 45.3 Å². The molecule has 5 aromatic rings. The van der Waals surface area contributed by atoms with Gasteiger partial charge in [0.15, 0.2) is 0 Å². The Balaban J connectivity index is 1.48. The molecule has 6 rings (SSSR count). The van der Waals surface area contributed by atoms with Gasteiger partial charge in [-0.15, -0.1) is 0 Å². The first-order valence-corrected chi connectivity index (χ1v) is 12.2. The van der Waals surface area contributed by atoms with Gasteiger partial charge in [0.2, 0.25) is 0 Å². The van der Waals surface area contributed by atoms with E-state index >= 15 is 0 Å². The van der Waals surface area contributed by atoms with Crippen LogP contribution in [-0.2, 0) is 4.79 Å². The Morgan fingerprint density at radius 1 is 1.00 bits per heavy atom. The fraction of sp³-hybridized carbons (Fsp3) is 0.222. The summed E-state index contributed by atoms with van der Waals surface area (Å²) in [6.45, 7) is 0. The molecule has 0 amide bonds. The highest BCUT2D eigenvalue weighted by Gasteiger charge is 2.29. The molecule has 3 N–H and O–H groups in total. The van der Waals surface area contributed by atoms with Crippen LogP contribution in [0.25, 0.3) is 44.5 Å². The van der Waals surface area contributed by atoms with Crippen molar-refractivity contribution in [3.05, 3.63) is 66.2 Å². The van der Waals surface area contributed by atoms with Gasteiger partial charge in [0.1, 0.15) is 17.8 Å². The fourth-order valence-electron chi connectivity index (χ4n) is 5.20. The topological polar surface area (TPSA) is 120 Å². The molecule has 1 aromatic carbocycles. The summed E-state index contributed by atoms with van der Waals surface area (Å²) in [7, 11) is 0. The second-order valence-electron chi connectivity index (χ2n) is 9.19. The number of pyridine rings is 2. The zero-order valence-electron chi connectivity index (χ0n) is 19.3. The van der Waals surface area contributed by atoms with Crippen LogP contribution >= 0.6 is 11.6 Å². The predicted molar refractivity (Wildman–Crippen MR) is 140 cm³/mol. The average Bonchev–Trinajstić information content (AvgIpc) is 3.29. The van der Waals surface area contributed by atoms with Crippen LogP contribution in [0.1, 0.15) is 31.7 Å². The summed E-state index contributed by atoms with van der Waals surface area (Å²) in [5.74, 6) is -0.644. The van der Waals surface area contributed by atoms with Crippen LogP contribution in [0.4, 0.5) is 5.82 Å². The number of halogens is 1. The van der Waals surface area contributed by atoms with Crippen molar-refractivity contribution in [1.29, 1.82) is 0 Å². The first-order chi connectivity index (χ1) is 17.5. The lowest BCUT2D eigenvalue weighted by Gasteiger charge is -2.27. The number of nitrogens with zero attached hydrogens (tertiary/aromatic N) is 5. The van der Waals surface area contributed by atoms with E-state index in [-0.39, 0.29) is 12.0 Å². The Hall–Kier alpha value is -4.04. The second-order valence-corrected chi connectivity index (χ2v) is 9.59. The number of aromatic nitrogens is 5. The van der Waals surface area contributed by atoms with Gasteiger partial charge in [0.05, 0.1) is 28.2 Å². The molecular weight excluding hydrogens is 476 g/mol. The van der Waals surface area contributed by atoms with Crippen molar-refractivity contribution in [3.63, 3.8) is 0 Å². The largest absolute Gasteiger partial charge is 0.481 e. The van der Waals surface area contributed by atoms with Crippen molar-refractivity contribution in [1.82, 2.24) is 24.5 Å². The number of nitrogens with two attached hydrogens (primary N) is 1. The van der Waals surface area contributed by atoms with E-state index in [2.05, 4.69) is 19.5 Å². The summed E-state index contributed by atoms with van der Waals surface area (Å²) in [6, 6.07) is 13.7. The molecule has 1 saturated carbocycles. The van der Waals surface area contributed by atoms with E-state index in [1.54, 1.807) is 6.20 Å². The smallest absolute Gasteiger partial charge is 0.306 e. The number of fused-ring (bicyclic) bond motifs is 2. The molecule has 4 aromatic heterocycles. The maximum Gasteiger partial charge on any atom is 0.306 e. The molecule has 0 atom stereocenters. The van der Waals surface area contributed by atoms with Gasteiger partial charge in [-0.2, -0.15) is 0 Å². The Morgan fingerprint density at radius 3 is 2.58 bits per heavy atom. The molecule has 1 aliphatic rings. The van der Waals surface area contributed by atoms with Crippen molar-refractivity contribution < 1.29 is 9.90 Å². The minimum absolute atomic E-state index is 0.124. The maximum absolute atomic E-state index is 11.4. The lowest BCUT2D eigenvalue weighted by molar-refractivity contribution is -0.143. The fourth-order valence-corrected chi connectivity index (χ4v) is 5.47. The van der Waals surface area contributed by atoms with Crippen LogP contribution < -0.4 is 5.73 Å². The van der Waals surface area contributed by atoms with Gasteiger partial charge in [0.25, 0.3) is 0 Å². The molecule has 180 valence electrons. The molecule has 0 unspecified atom stereocenters. The molecule has 0 radical (unpaired) electrons. The standard InChI is InChI=1S/C27H23ClN6O2/c28-20-11-16-6-9-22(21-3-1-2-10-30-21)33-23(16)12-18(20)19-13-34(26-24(19)25(29)31-14-32-26)17-7-4-15(5-8-17)27(35)36/h1-3,6,9-15,17H,4-5,7-8H2,(H,35,36)(H2,29,31,32). The number of anilines is 1. The van der Waals surface area contributed by atoms with Crippen LogP contribution in [0, 0.1) is 5.92 Å². The number of carboxylic acids is 1. The van der Waals surface area contributed by atoms with Gasteiger partial charge < -0.3 is 15.4 Å². The number of carboxylic acid groups (broad SMARTS) is 1. The van der Waals surface area contributed by atoms with Crippen LogP contribution in [0.15, 0.2) is 61.2 Å². The summed E-state index contributed by atoms with van der Waals surface area (Å²) in [4.78, 5) is 29.5. The van der Waals surface area contributed by atoms with Gasteiger partial charge in [-0.25, -0.2) is 15.0 Å². The number of nitrogen functional groups attached to an aromatic ring is 1. The number of benzene rings is 1. The Labute approximate surface area is 211 Å². The molecular formula is C27H23ClN6O2. The summed E-state index contributed by atoms with van der Waals surface area (Å²) in [5.41, 5.74) is 11.1. The quantitative estimate of drug-likeness (QED) is 0.323. The van der Waals surface area contributed by atoms with Crippen molar-refractivity contribution in [2.45, 2.75) is 31.7 Å². The molecule has 0 saturated heterocycles. The SMILES string of the molecule is Nc1ncnc2c1c(-c1cc3nc(-c4ccccn4)ccc3cc1Cl)cn2C1CCC(C(=O)O)CC1. The molecule has 8 nitrogen and oxygen atoms in total. The highest BCUT2D eigenvalue weighted by atomic mass is 35.5. The average molecular weight is 499 g/mol. The molecule has 4 heterocycles. The maximum atomic E-state index is 11.4. The van der Waals surface area contributed by atoms with Crippen LogP contribution in [0.5, 0.6) is 0 Å². The molecule has 1 fully saturated rings. The van der Waals surface area contributed by atoms with E-state index in [0.717, 1.165) is 57.3 Å². The Kier molecular flexibility index (Phi) is 5.53. The van der Waals surface area contributed by atoms with E-state index < -0.39 is 5.97 Å². The van der Waals surface area contributed by atoms with Gasteiger partial charge in [-0.05, 0) is 56.0 Å².